The van der Waals surface area contributed by atoms with E-state index >= 15 is 0 Å². The summed E-state index contributed by atoms with van der Waals surface area (Å²) in [4.78, 5) is 29.8. The van der Waals surface area contributed by atoms with Gasteiger partial charge >= 0.3 is 0 Å². The molecule has 2 unspecified atom stereocenters. The van der Waals surface area contributed by atoms with Crippen molar-refractivity contribution in [3.63, 3.8) is 0 Å². The summed E-state index contributed by atoms with van der Waals surface area (Å²) in [6.45, 7) is 2.09. The van der Waals surface area contributed by atoms with Crippen molar-refractivity contribution in [3.8, 4) is 17.2 Å². The highest BCUT2D eigenvalue weighted by Crippen LogP contribution is 2.42. The molecule has 9 nitrogen and oxygen atoms in total. The summed E-state index contributed by atoms with van der Waals surface area (Å²) in [7, 11) is 4.59. The number of hydrogen-bond acceptors (Lipinski definition) is 7. The summed E-state index contributed by atoms with van der Waals surface area (Å²) in [6.07, 6.45) is 2.65. The number of methoxy groups -OCH3 is 3. The first-order valence-corrected chi connectivity index (χ1v) is 10.7. The van der Waals surface area contributed by atoms with Crippen LogP contribution in [0.15, 0.2) is 12.1 Å². The zero-order valence-electron chi connectivity index (χ0n) is 18.3. The highest BCUT2D eigenvalue weighted by atomic mass is 16.7. The number of nitrogens with zero attached hydrogens (tertiary/aromatic N) is 2. The van der Waals surface area contributed by atoms with E-state index < -0.39 is 5.92 Å². The Bertz CT molecular complexity index is 799. The number of ether oxygens (including phenoxy) is 5. The summed E-state index contributed by atoms with van der Waals surface area (Å²) in [5, 5.41) is 0. The quantitative estimate of drug-likeness (QED) is 0.675. The van der Waals surface area contributed by atoms with Gasteiger partial charge in [0, 0.05) is 31.6 Å². The molecule has 9 heteroatoms. The lowest BCUT2D eigenvalue weighted by Crippen LogP contribution is -2.52. The van der Waals surface area contributed by atoms with E-state index in [-0.39, 0.29) is 30.6 Å². The molecular formula is C22H30N2O7. The lowest BCUT2D eigenvalue weighted by atomic mass is 9.98. The highest BCUT2D eigenvalue weighted by Gasteiger charge is 2.42. The number of anilines is 1. The number of piperidine rings is 1. The van der Waals surface area contributed by atoms with E-state index in [1.165, 1.54) is 21.3 Å². The first kappa shape index (κ1) is 21.7. The fourth-order valence-corrected chi connectivity index (χ4v) is 4.69. The largest absolute Gasteiger partial charge is 0.493 e. The second-order valence-corrected chi connectivity index (χ2v) is 7.99. The predicted molar refractivity (Wildman–Crippen MR) is 112 cm³/mol. The molecule has 1 aromatic carbocycles. The van der Waals surface area contributed by atoms with E-state index in [0.717, 1.165) is 19.3 Å². The molecule has 3 aliphatic rings. The maximum absolute atomic E-state index is 13.4. The van der Waals surface area contributed by atoms with Crippen LogP contribution in [0, 0.1) is 5.92 Å². The SMILES string of the molecule is COc1cc(N2CC(C(=O)N3CCCCC3C3OCCO3)CC2=O)cc(OC)c1OC. The highest BCUT2D eigenvalue weighted by molar-refractivity contribution is 6.00. The molecule has 3 saturated heterocycles. The van der Waals surface area contributed by atoms with E-state index in [4.69, 9.17) is 23.7 Å². The van der Waals surface area contributed by atoms with Gasteiger partial charge in [-0.3, -0.25) is 9.59 Å². The molecule has 3 heterocycles. The van der Waals surface area contributed by atoms with Crippen molar-refractivity contribution in [1.82, 2.24) is 4.90 Å². The van der Waals surface area contributed by atoms with E-state index in [9.17, 15) is 9.59 Å². The zero-order chi connectivity index (χ0) is 22.0. The van der Waals surface area contributed by atoms with Gasteiger partial charge in [-0.2, -0.15) is 0 Å². The van der Waals surface area contributed by atoms with Gasteiger partial charge < -0.3 is 33.5 Å². The maximum atomic E-state index is 13.4. The van der Waals surface area contributed by atoms with Crippen molar-refractivity contribution in [3.05, 3.63) is 12.1 Å². The van der Waals surface area contributed by atoms with Gasteiger partial charge in [0.05, 0.1) is 52.2 Å². The van der Waals surface area contributed by atoms with Crippen LogP contribution in [0.25, 0.3) is 0 Å². The molecule has 0 radical (unpaired) electrons. The number of benzene rings is 1. The third-order valence-corrected chi connectivity index (χ3v) is 6.23. The Morgan fingerprint density at radius 3 is 2.32 bits per heavy atom. The molecule has 4 rings (SSSR count). The van der Waals surface area contributed by atoms with Crippen molar-refractivity contribution in [2.75, 3.05) is 52.5 Å². The smallest absolute Gasteiger partial charge is 0.228 e. The molecule has 3 aliphatic heterocycles. The maximum Gasteiger partial charge on any atom is 0.228 e. The van der Waals surface area contributed by atoms with E-state index in [2.05, 4.69) is 0 Å². The molecular weight excluding hydrogens is 404 g/mol. The van der Waals surface area contributed by atoms with Gasteiger partial charge in [0.15, 0.2) is 17.8 Å². The second-order valence-electron chi connectivity index (χ2n) is 7.99. The van der Waals surface area contributed by atoms with Crippen LogP contribution < -0.4 is 19.1 Å². The number of amides is 2. The molecule has 0 N–H and O–H groups in total. The molecule has 0 saturated carbocycles. The summed E-state index contributed by atoms with van der Waals surface area (Å²) in [5.74, 6) is 0.869. The molecule has 170 valence electrons. The molecule has 0 aromatic heterocycles. The number of hydrogen-bond donors (Lipinski definition) is 0. The van der Waals surface area contributed by atoms with Crippen LogP contribution in [0.4, 0.5) is 5.69 Å². The lowest BCUT2D eigenvalue weighted by molar-refractivity contribution is -0.154. The van der Waals surface area contributed by atoms with Crippen molar-refractivity contribution in [2.24, 2.45) is 5.92 Å². The third kappa shape index (κ3) is 4.16. The first-order chi connectivity index (χ1) is 15.1. The zero-order valence-corrected chi connectivity index (χ0v) is 18.3. The molecule has 2 atom stereocenters. The topological polar surface area (TPSA) is 86.8 Å². The van der Waals surface area contributed by atoms with Crippen LogP contribution in [0.2, 0.25) is 0 Å². The van der Waals surface area contributed by atoms with Crippen molar-refractivity contribution >= 4 is 17.5 Å². The van der Waals surface area contributed by atoms with Crippen LogP contribution in [0.5, 0.6) is 17.2 Å². The van der Waals surface area contributed by atoms with Crippen LogP contribution in [0.3, 0.4) is 0 Å². The summed E-state index contributed by atoms with van der Waals surface area (Å²) in [5.41, 5.74) is 0.618. The van der Waals surface area contributed by atoms with Gasteiger partial charge in [0.2, 0.25) is 17.6 Å². The molecule has 0 spiro atoms. The van der Waals surface area contributed by atoms with E-state index in [1.807, 2.05) is 4.90 Å². The average molecular weight is 434 g/mol. The lowest BCUT2D eigenvalue weighted by Gasteiger charge is -2.39. The normalized spacial score (nSPS) is 24.5. The van der Waals surface area contributed by atoms with Gasteiger partial charge in [-0.05, 0) is 19.3 Å². The van der Waals surface area contributed by atoms with E-state index in [1.54, 1.807) is 17.0 Å². The third-order valence-electron chi connectivity index (χ3n) is 6.23. The predicted octanol–water partition coefficient (Wildman–Crippen LogP) is 1.82. The average Bonchev–Trinajstić information content (AvgIpc) is 3.47. The summed E-state index contributed by atoms with van der Waals surface area (Å²) in [6, 6.07) is 3.38. The monoisotopic (exact) mass is 434 g/mol. The second kappa shape index (κ2) is 9.32. The molecule has 0 aliphatic carbocycles. The fraction of sp³-hybridized carbons (Fsp3) is 0.636. The van der Waals surface area contributed by atoms with E-state index in [0.29, 0.717) is 49.2 Å². The number of likely N-dealkylation sites (tertiary alicyclic amines) is 1. The Labute approximate surface area is 182 Å². The van der Waals surface area contributed by atoms with Gasteiger partial charge in [0.25, 0.3) is 0 Å². The minimum Gasteiger partial charge on any atom is -0.493 e. The Morgan fingerprint density at radius 1 is 1.03 bits per heavy atom. The molecule has 1 aromatic rings. The number of carbonyl (C=O) groups is 2. The van der Waals surface area contributed by atoms with Gasteiger partial charge in [-0.15, -0.1) is 0 Å². The van der Waals surface area contributed by atoms with Gasteiger partial charge in [0.1, 0.15) is 0 Å². The fourth-order valence-electron chi connectivity index (χ4n) is 4.69. The Kier molecular flexibility index (Phi) is 6.52. The van der Waals surface area contributed by atoms with Crippen molar-refractivity contribution in [1.29, 1.82) is 0 Å². The van der Waals surface area contributed by atoms with Crippen LogP contribution >= 0.6 is 0 Å². The Balaban J connectivity index is 1.53. The summed E-state index contributed by atoms with van der Waals surface area (Å²) >= 11 is 0. The molecule has 2 amide bonds. The Morgan fingerprint density at radius 2 is 1.71 bits per heavy atom. The Hall–Kier alpha value is -2.52. The minimum absolute atomic E-state index is 0.00732. The van der Waals surface area contributed by atoms with Crippen LogP contribution in [-0.4, -0.2) is 76.7 Å². The minimum atomic E-state index is -0.409. The van der Waals surface area contributed by atoms with Gasteiger partial charge in [-0.1, -0.05) is 0 Å². The first-order valence-electron chi connectivity index (χ1n) is 10.7. The standard InChI is InChI=1S/C22H30N2O7/c1-27-17-11-15(12-18(28-2)20(17)29-3)24-13-14(10-19(24)25)21(26)23-7-5-4-6-16(23)22-30-8-9-31-22/h11-12,14,16,22H,4-10,13H2,1-3H3. The number of carbonyl (C=O) groups excluding carboxylic acids is 2. The van der Waals surface area contributed by atoms with Crippen LogP contribution in [0.1, 0.15) is 25.7 Å². The van der Waals surface area contributed by atoms with Gasteiger partial charge in [-0.25, -0.2) is 0 Å². The molecule has 0 bridgehead atoms. The molecule has 31 heavy (non-hydrogen) atoms. The van der Waals surface area contributed by atoms with Crippen molar-refractivity contribution < 1.29 is 33.3 Å². The number of rotatable bonds is 6. The molecule has 3 fully saturated rings. The van der Waals surface area contributed by atoms with Crippen molar-refractivity contribution in [2.45, 2.75) is 38.0 Å². The van der Waals surface area contributed by atoms with Crippen LogP contribution in [-0.2, 0) is 19.1 Å². The summed E-state index contributed by atoms with van der Waals surface area (Å²) < 4.78 is 27.6.